The summed E-state index contributed by atoms with van der Waals surface area (Å²) in [6.07, 6.45) is 0.372. The number of carbonyl (C=O) groups excluding carboxylic acids is 1. The first-order chi connectivity index (χ1) is 16.3. The summed E-state index contributed by atoms with van der Waals surface area (Å²) < 4.78 is 48.8. The Morgan fingerprint density at radius 1 is 1.19 bits per heavy atom. The molecule has 0 fully saturated rings. The van der Waals surface area contributed by atoms with Gasteiger partial charge in [-0.2, -0.15) is 4.98 Å². The van der Waals surface area contributed by atoms with Crippen molar-refractivity contribution in [3.63, 3.8) is 0 Å². The number of amides is 1. The van der Waals surface area contributed by atoms with Crippen molar-refractivity contribution in [3.8, 4) is 5.75 Å². The molecule has 31 heavy (non-hydrogen) atoms. The average Bonchev–Trinajstić information content (AvgIpc) is 2.81. The Morgan fingerprint density at radius 3 is 2.71 bits per heavy atom. The molecule has 160 valence electrons. The number of aromatic nitrogens is 2. The van der Waals surface area contributed by atoms with Crippen LogP contribution in [0.1, 0.15) is 4.11 Å². The highest BCUT2D eigenvalue weighted by Crippen LogP contribution is 2.23. The van der Waals surface area contributed by atoms with Gasteiger partial charge in [-0.15, -0.1) is 0 Å². The Morgan fingerprint density at radius 2 is 1.97 bits per heavy atom. The number of benzene rings is 2. The third-order valence-electron chi connectivity index (χ3n) is 3.79. The fourth-order valence-corrected chi connectivity index (χ4v) is 2.36. The van der Waals surface area contributed by atoms with Gasteiger partial charge >= 0.3 is 0 Å². The number of anilines is 5. The average molecular weight is 426 g/mol. The number of ether oxygens (including phenoxy) is 2. The third-order valence-corrected chi connectivity index (χ3v) is 3.79. The van der Waals surface area contributed by atoms with E-state index in [1.54, 1.807) is 31.4 Å². The van der Waals surface area contributed by atoms with Gasteiger partial charge < -0.3 is 25.4 Å². The molecule has 3 N–H and O–H groups in total. The largest absolute Gasteiger partial charge is 0.491 e. The molecule has 1 heterocycles. The van der Waals surface area contributed by atoms with Crippen LogP contribution in [0.3, 0.4) is 0 Å². The molecule has 0 aliphatic heterocycles. The van der Waals surface area contributed by atoms with Crippen molar-refractivity contribution >= 4 is 34.7 Å². The van der Waals surface area contributed by atoms with Gasteiger partial charge in [0, 0.05) is 24.2 Å². The maximum atomic E-state index is 14.6. The maximum absolute atomic E-state index is 14.6. The van der Waals surface area contributed by atoms with Gasteiger partial charge in [0.2, 0.25) is 11.9 Å². The zero-order valence-electron chi connectivity index (χ0n) is 19.7. The molecular formula is C22H22FN5O3. The fraction of sp³-hybridized carbons (Fsp3) is 0.136. The fourth-order valence-electron chi connectivity index (χ4n) is 2.36. The Bertz CT molecular complexity index is 1200. The molecule has 0 saturated heterocycles. The van der Waals surface area contributed by atoms with Gasteiger partial charge in [-0.1, -0.05) is 12.6 Å². The summed E-state index contributed by atoms with van der Waals surface area (Å²) in [7, 11) is 1.58. The van der Waals surface area contributed by atoms with Crippen LogP contribution < -0.4 is 20.7 Å². The predicted octanol–water partition coefficient (Wildman–Crippen LogP) is 4.25. The molecule has 1 aromatic heterocycles. The number of carbonyl (C=O) groups is 1. The lowest BCUT2D eigenvalue weighted by Gasteiger charge is -2.11. The van der Waals surface area contributed by atoms with Crippen molar-refractivity contribution in [2.24, 2.45) is 0 Å². The molecule has 0 bridgehead atoms. The van der Waals surface area contributed by atoms with Crippen LogP contribution in [0.25, 0.3) is 0 Å². The highest BCUT2D eigenvalue weighted by molar-refractivity contribution is 5.99. The Kier molecular flexibility index (Phi) is 6.16. The standard InChI is InChI=1S/C22H22FN5O3/c1-3-20(29)25-16-5-4-6-17(13-16)26-21-19(23)14-24-22(28-21)27-15-7-9-18(10-8-15)31-12-11-30-2/h3-10,13-14H,1,11-12H2,2H3,(H,25,29)(H2,24,26,27,28)/i5D,6D,14D. The Labute approximate surface area is 183 Å². The van der Waals surface area contributed by atoms with E-state index < -0.39 is 17.9 Å². The molecule has 0 aliphatic carbocycles. The number of methoxy groups -OCH3 is 1. The zero-order chi connectivity index (χ0) is 24.7. The summed E-state index contributed by atoms with van der Waals surface area (Å²) in [4.78, 5) is 19.4. The van der Waals surface area contributed by atoms with Crippen molar-refractivity contribution in [2.75, 3.05) is 36.3 Å². The monoisotopic (exact) mass is 426 g/mol. The first-order valence-electron chi connectivity index (χ1n) is 10.7. The molecule has 2 aromatic carbocycles. The summed E-state index contributed by atoms with van der Waals surface area (Å²) >= 11 is 0. The van der Waals surface area contributed by atoms with Crippen LogP contribution in [0.4, 0.5) is 33.2 Å². The van der Waals surface area contributed by atoms with E-state index in [0.29, 0.717) is 24.7 Å². The van der Waals surface area contributed by atoms with Crippen LogP contribution in [0, 0.1) is 5.82 Å². The molecule has 0 radical (unpaired) electrons. The van der Waals surface area contributed by atoms with Gasteiger partial charge in [-0.3, -0.25) is 4.79 Å². The molecular weight excluding hydrogens is 401 g/mol. The van der Waals surface area contributed by atoms with Crippen molar-refractivity contribution in [1.29, 1.82) is 0 Å². The van der Waals surface area contributed by atoms with Crippen LogP contribution in [0.15, 0.2) is 67.3 Å². The molecule has 1 amide bonds. The number of nitrogens with zero attached hydrogens (tertiary/aromatic N) is 2. The van der Waals surface area contributed by atoms with E-state index in [9.17, 15) is 9.18 Å². The summed E-state index contributed by atoms with van der Waals surface area (Å²) in [6, 6.07) is 9.08. The lowest BCUT2D eigenvalue weighted by Crippen LogP contribution is -2.07. The first-order valence-corrected chi connectivity index (χ1v) is 9.15. The van der Waals surface area contributed by atoms with Gasteiger partial charge in [0.05, 0.1) is 16.9 Å². The van der Waals surface area contributed by atoms with Gasteiger partial charge in [-0.05, 0) is 48.5 Å². The number of hydrogen-bond acceptors (Lipinski definition) is 7. The molecule has 3 rings (SSSR count). The van der Waals surface area contributed by atoms with Gasteiger partial charge in [0.25, 0.3) is 0 Å². The first kappa shape index (κ1) is 17.8. The second kappa shape index (κ2) is 10.7. The molecule has 0 atom stereocenters. The van der Waals surface area contributed by atoms with Crippen LogP contribution in [0.5, 0.6) is 5.75 Å². The normalized spacial score (nSPS) is 11.6. The lowest BCUT2D eigenvalue weighted by molar-refractivity contribution is -0.111. The number of rotatable bonds is 10. The van der Waals surface area contributed by atoms with E-state index >= 15 is 0 Å². The van der Waals surface area contributed by atoms with E-state index in [4.69, 9.17) is 13.6 Å². The number of hydrogen-bond donors (Lipinski definition) is 3. The second-order valence-corrected chi connectivity index (χ2v) is 6.04. The molecule has 0 aliphatic rings. The summed E-state index contributed by atoms with van der Waals surface area (Å²) in [5.74, 6) is -1.34. The van der Waals surface area contributed by atoms with E-state index in [2.05, 4.69) is 32.5 Å². The van der Waals surface area contributed by atoms with Crippen molar-refractivity contribution in [3.05, 3.63) is 73.1 Å². The van der Waals surface area contributed by atoms with Crippen LogP contribution >= 0.6 is 0 Å². The van der Waals surface area contributed by atoms with Gasteiger partial charge in [-0.25, -0.2) is 9.37 Å². The third kappa shape index (κ3) is 6.51. The quantitative estimate of drug-likeness (QED) is 0.329. The predicted molar refractivity (Wildman–Crippen MR) is 118 cm³/mol. The van der Waals surface area contributed by atoms with E-state index in [1.807, 2.05) is 0 Å². The highest BCUT2D eigenvalue weighted by Gasteiger charge is 2.09. The topological polar surface area (TPSA) is 97.4 Å². The van der Waals surface area contributed by atoms with E-state index in [1.165, 1.54) is 12.1 Å². The second-order valence-electron chi connectivity index (χ2n) is 6.04. The lowest BCUT2D eigenvalue weighted by atomic mass is 10.2. The minimum Gasteiger partial charge on any atom is -0.491 e. The van der Waals surface area contributed by atoms with Crippen LogP contribution in [-0.2, 0) is 9.53 Å². The van der Waals surface area contributed by atoms with Gasteiger partial charge in [0.1, 0.15) is 12.4 Å². The Balaban J connectivity index is 1.82. The van der Waals surface area contributed by atoms with Crippen molar-refractivity contribution in [2.45, 2.75) is 0 Å². The highest BCUT2D eigenvalue weighted by atomic mass is 19.1. The molecule has 0 spiro atoms. The minimum absolute atomic E-state index is 0.0502. The molecule has 0 unspecified atom stereocenters. The molecule has 9 heteroatoms. The van der Waals surface area contributed by atoms with E-state index in [0.717, 1.165) is 6.08 Å². The van der Waals surface area contributed by atoms with Crippen molar-refractivity contribution < 1.29 is 22.8 Å². The van der Waals surface area contributed by atoms with E-state index in [-0.39, 0.29) is 35.2 Å². The number of halogens is 1. The minimum atomic E-state index is -1.03. The number of nitrogens with one attached hydrogen (secondary N) is 3. The summed E-state index contributed by atoms with van der Waals surface area (Å²) in [6.45, 7) is 4.21. The molecule has 8 nitrogen and oxygen atoms in total. The molecule has 0 saturated carbocycles. The zero-order valence-corrected chi connectivity index (χ0v) is 16.7. The smallest absolute Gasteiger partial charge is 0.247 e. The SMILES string of the molecule is [2H]c1cc([2H])c(Nc2nc(Nc3ccc(OCCOC)cc3)nc([2H])c2F)cc1NC(=O)C=C. The summed E-state index contributed by atoms with van der Waals surface area (Å²) in [5, 5.41) is 7.97. The van der Waals surface area contributed by atoms with Crippen LogP contribution in [0.2, 0.25) is 0 Å². The molecule has 3 aromatic rings. The van der Waals surface area contributed by atoms with Gasteiger partial charge in [0.15, 0.2) is 11.6 Å². The maximum Gasteiger partial charge on any atom is 0.247 e. The van der Waals surface area contributed by atoms with Crippen LogP contribution in [-0.4, -0.2) is 36.2 Å². The Hall–Kier alpha value is -3.98. The summed E-state index contributed by atoms with van der Waals surface area (Å²) in [5.41, 5.74) is 0.733. The van der Waals surface area contributed by atoms with Crippen molar-refractivity contribution in [1.82, 2.24) is 9.97 Å².